The lowest BCUT2D eigenvalue weighted by atomic mass is 9.99. The van der Waals surface area contributed by atoms with E-state index in [1.54, 1.807) is 12.1 Å². The molecule has 0 spiro atoms. The van der Waals surface area contributed by atoms with Crippen LogP contribution in [-0.2, 0) is 20.7 Å². The third-order valence-electron chi connectivity index (χ3n) is 5.68. The van der Waals surface area contributed by atoms with Crippen molar-refractivity contribution in [1.82, 2.24) is 10.2 Å². The van der Waals surface area contributed by atoms with Gasteiger partial charge in [0.25, 0.3) is 11.8 Å². The highest BCUT2D eigenvalue weighted by atomic mass is 16.5. The second-order valence-corrected chi connectivity index (χ2v) is 7.96. The Morgan fingerprint density at radius 2 is 1.73 bits per heavy atom. The van der Waals surface area contributed by atoms with Gasteiger partial charge in [-0.25, -0.2) is 4.79 Å². The standard InChI is InChI=1S/C26H26N2O5/c29-24(27-21(20-11-5-2-6-12-20)17-19-9-3-1-4-10-19)18-33-26(31)22-13-7-15-28(22)25(30)23-14-8-16-32-23/h1-6,8-12,14,16,21-22H,7,13,15,17-18H2,(H,27,29). The number of ether oxygens (including phenoxy) is 1. The molecule has 0 aliphatic carbocycles. The molecule has 1 saturated heterocycles. The molecule has 170 valence electrons. The van der Waals surface area contributed by atoms with Crippen LogP contribution in [0, 0.1) is 0 Å². The minimum atomic E-state index is -0.718. The number of likely N-dealkylation sites (tertiary alicyclic amines) is 1. The highest BCUT2D eigenvalue weighted by Crippen LogP contribution is 2.22. The molecule has 1 aliphatic rings. The van der Waals surface area contributed by atoms with Gasteiger partial charge in [0.15, 0.2) is 12.4 Å². The molecule has 7 heteroatoms. The number of rotatable bonds is 8. The molecule has 2 unspecified atom stereocenters. The summed E-state index contributed by atoms with van der Waals surface area (Å²) in [5.41, 5.74) is 2.05. The molecule has 1 N–H and O–H groups in total. The van der Waals surface area contributed by atoms with E-state index >= 15 is 0 Å². The molecule has 2 heterocycles. The van der Waals surface area contributed by atoms with Gasteiger partial charge in [0.05, 0.1) is 12.3 Å². The number of carbonyl (C=O) groups excluding carboxylic acids is 3. The van der Waals surface area contributed by atoms with E-state index in [0.29, 0.717) is 25.8 Å². The molecule has 0 radical (unpaired) electrons. The zero-order valence-corrected chi connectivity index (χ0v) is 18.2. The van der Waals surface area contributed by atoms with Gasteiger partial charge < -0.3 is 19.4 Å². The molecule has 0 bridgehead atoms. The van der Waals surface area contributed by atoms with Crippen molar-refractivity contribution < 1.29 is 23.5 Å². The molecular formula is C26H26N2O5. The first-order valence-electron chi connectivity index (χ1n) is 11.0. The Morgan fingerprint density at radius 1 is 1.00 bits per heavy atom. The maximum atomic E-state index is 12.7. The first-order valence-corrected chi connectivity index (χ1v) is 11.0. The third kappa shape index (κ3) is 5.68. The van der Waals surface area contributed by atoms with Crippen molar-refractivity contribution in [2.45, 2.75) is 31.3 Å². The van der Waals surface area contributed by atoms with Crippen LogP contribution in [0.4, 0.5) is 0 Å². The van der Waals surface area contributed by atoms with Crippen molar-refractivity contribution in [3.63, 3.8) is 0 Å². The quantitative estimate of drug-likeness (QED) is 0.535. The van der Waals surface area contributed by atoms with Gasteiger partial charge in [0.1, 0.15) is 6.04 Å². The van der Waals surface area contributed by atoms with E-state index in [2.05, 4.69) is 5.32 Å². The Bertz CT molecular complexity index is 1070. The van der Waals surface area contributed by atoms with Gasteiger partial charge in [-0.3, -0.25) is 9.59 Å². The Kier molecular flexibility index (Phi) is 7.19. The summed E-state index contributed by atoms with van der Waals surface area (Å²) in [4.78, 5) is 39.3. The largest absolute Gasteiger partial charge is 0.459 e. The zero-order chi connectivity index (χ0) is 23.0. The number of nitrogens with one attached hydrogen (secondary N) is 1. The summed E-state index contributed by atoms with van der Waals surface area (Å²) < 4.78 is 10.5. The SMILES string of the molecule is O=C(COC(=O)C1CCCN1C(=O)c1ccco1)NC(Cc1ccccc1)c1ccccc1. The van der Waals surface area contributed by atoms with Crippen LogP contribution in [0.15, 0.2) is 83.5 Å². The number of benzene rings is 2. The van der Waals surface area contributed by atoms with Crippen LogP contribution < -0.4 is 5.32 Å². The zero-order valence-electron chi connectivity index (χ0n) is 18.2. The second kappa shape index (κ2) is 10.6. The van der Waals surface area contributed by atoms with Crippen LogP contribution in [0.25, 0.3) is 0 Å². The average Bonchev–Trinajstić information content (AvgIpc) is 3.56. The summed E-state index contributed by atoms with van der Waals surface area (Å²) in [7, 11) is 0. The predicted molar refractivity (Wildman–Crippen MR) is 121 cm³/mol. The maximum absolute atomic E-state index is 12.7. The Labute approximate surface area is 192 Å². The highest BCUT2D eigenvalue weighted by molar-refractivity contribution is 5.95. The predicted octanol–water partition coefficient (Wildman–Crippen LogP) is 3.53. The second-order valence-electron chi connectivity index (χ2n) is 7.96. The van der Waals surface area contributed by atoms with E-state index < -0.39 is 24.5 Å². The lowest BCUT2D eigenvalue weighted by Gasteiger charge is -2.23. The van der Waals surface area contributed by atoms with E-state index in [-0.39, 0.29) is 17.7 Å². The van der Waals surface area contributed by atoms with Gasteiger partial charge in [-0.1, -0.05) is 60.7 Å². The van der Waals surface area contributed by atoms with E-state index in [1.807, 2.05) is 60.7 Å². The molecule has 2 aromatic carbocycles. The minimum Gasteiger partial charge on any atom is -0.459 e. The summed E-state index contributed by atoms with van der Waals surface area (Å²) in [5, 5.41) is 2.97. The van der Waals surface area contributed by atoms with Gasteiger partial charge in [-0.15, -0.1) is 0 Å². The summed E-state index contributed by atoms with van der Waals surface area (Å²) >= 11 is 0. The van der Waals surface area contributed by atoms with Gasteiger partial charge in [-0.05, 0) is 42.5 Å². The van der Waals surface area contributed by atoms with Crippen LogP contribution in [0.5, 0.6) is 0 Å². The molecule has 1 aromatic heterocycles. The summed E-state index contributed by atoms with van der Waals surface area (Å²) in [6, 6.07) is 21.8. The van der Waals surface area contributed by atoms with Crippen LogP contribution in [0.3, 0.4) is 0 Å². The number of hydrogen-bond donors (Lipinski definition) is 1. The fraction of sp³-hybridized carbons (Fsp3) is 0.269. The Hall–Kier alpha value is -3.87. The number of nitrogens with zero attached hydrogens (tertiary/aromatic N) is 1. The van der Waals surface area contributed by atoms with Crippen LogP contribution in [0.2, 0.25) is 0 Å². The van der Waals surface area contributed by atoms with Gasteiger partial charge >= 0.3 is 5.97 Å². The van der Waals surface area contributed by atoms with E-state index in [4.69, 9.17) is 9.15 Å². The first kappa shape index (κ1) is 22.3. The van der Waals surface area contributed by atoms with Crippen LogP contribution in [0.1, 0.15) is 40.6 Å². The van der Waals surface area contributed by atoms with Crippen molar-refractivity contribution in [3.8, 4) is 0 Å². The maximum Gasteiger partial charge on any atom is 0.329 e. The van der Waals surface area contributed by atoms with E-state index in [0.717, 1.165) is 11.1 Å². The third-order valence-corrected chi connectivity index (χ3v) is 5.68. The minimum absolute atomic E-state index is 0.180. The topological polar surface area (TPSA) is 88.9 Å². The van der Waals surface area contributed by atoms with Gasteiger partial charge in [-0.2, -0.15) is 0 Å². The highest BCUT2D eigenvalue weighted by Gasteiger charge is 2.36. The number of amides is 2. The van der Waals surface area contributed by atoms with Crippen molar-refractivity contribution in [1.29, 1.82) is 0 Å². The van der Waals surface area contributed by atoms with Gasteiger partial charge in [0, 0.05) is 6.54 Å². The number of furan rings is 1. The first-order chi connectivity index (χ1) is 16.1. The molecule has 2 atom stereocenters. The molecule has 7 nitrogen and oxygen atoms in total. The monoisotopic (exact) mass is 446 g/mol. The lowest BCUT2D eigenvalue weighted by Crippen LogP contribution is -2.42. The summed E-state index contributed by atoms with van der Waals surface area (Å²) in [6.07, 6.45) is 3.21. The Morgan fingerprint density at radius 3 is 2.42 bits per heavy atom. The van der Waals surface area contributed by atoms with E-state index in [1.165, 1.54) is 11.2 Å². The molecule has 1 fully saturated rings. The molecule has 0 saturated carbocycles. The van der Waals surface area contributed by atoms with Crippen molar-refractivity contribution in [2.75, 3.05) is 13.2 Å². The van der Waals surface area contributed by atoms with Crippen molar-refractivity contribution in [3.05, 3.63) is 95.9 Å². The number of esters is 1. The molecule has 2 amide bonds. The molecule has 33 heavy (non-hydrogen) atoms. The number of carbonyl (C=O) groups is 3. The molecular weight excluding hydrogens is 420 g/mol. The smallest absolute Gasteiger partial charge is 0.329 e. The fourth-order valence-corrected chi connectivity index (χ4v) is 4.05. The number of hydrogen-bond acceptors (Lipinski definition) is 5. The lowest BCUT2D eigenvalue weighted by molar-refractivity contribution is -0.152. The Balaban J connectivity index is 1.35. The fourth-order valence-electron chi connectivity index (χ4n) is 4.05. The average molecular weight is 447 g/mol. The molecule has 3 aromatic rings. The van der Waals surface area contributed by atoms with Crippen molar-refractivity contribution in [2.24, 2.45) is 0 Å². The van der Waals surface area contributed by atoms with E-state index in [9.17, 15) is 14.4 Å². The molecule has 4 rings (SSSR count). The summed E-state index contributed by atoms with van der Waals surface area (Å²) in [6.45, 7) is 0.0366. The normalized spacial score (nSPS) is 16.2. The van der Waals surface area contributed by atoms with Crippen LogP contribution in [-0.4, -0.2) is 41.9 Å². The summed E-state index contributed by atoms with van der Waals surface area (Å²) in [5.74, 6) is -1.15. The van der Waals surface area contributed by atoms with Gasteiger partial charge in [0.2, 0.25) is 0 Å². The van der Waals surface area contributed by atoms with Crippen molar-refractivity contribution >= 4 is 17.8 Å². The molecule has 1 aliphatic heterocycles. The van der Waals surface area contributed by atoms with Crippen LogP contribution >= 0.6 is 0 Å².